The number of aryl methyl sites for hydroxylation is 1. The smallest absolute Gasteiger partial charge is 0.256 e. The van der Waals surface area contributed by atoms with Gasteiger partial charge in [-0.1, -0.05) is 17.7 Å². The molecule has 3 rings (SSSR count). The van der Waals surface area contributed by atoms with E-state index in [0.29, 0.717) is 16.4 Å². The van der Waals surface area contributed by atoms with E-state index in [-0.39, 0.29) is 5.91 Å². The summed E-state index contributed by atoms with van der Waals surface area (Å²) in [5.74, 6) is 1.35. The van der Waals surface area contributed by atoms with Crippen LogP contribution in [0.5, 0.6) is 0 Å². The fourth-order valence-electron chi connectivity index (χ4n) is 1.98. The van der Waals surface area contributed by atoms with Gasteiger partial charge in [-0.15, -0.1) is 0 Å². The molecule has 3 nitrogen and oxygen atoms in total. The molecular weight excluding hydrogens is 250 g/mol. The lowest BCUT2D eigenvalue weighted by Gasteiger charge is -1.97. The van der Waals surface area contributed by atoms with Crippen molar-refractivity contribution in [1.29, 1.82) is 0 Å². The van der Waals surface area contributed by atoms with Gasteiger partial charge < -0.3 is 9.73 Å². The summed E-state index contributed by atoms with van der Waals surface area (Å²) in [7, 11) is 0. The second-order valence-electron chi connectivity index (χ2n) is 4.15. The van der Waals surface area contributed by atoms with E-state index in [2.05, 4.69) is 5.32 Å². The number of hydrogen-bond donors (Lipinski definition) is 1. The topological polar surface area (TPSA) is 42.2 Å². The van der Waals surface area contributed by atoms with Crippen LogP contribution in [0, 0.1) is 6.92 Å². The van der Waals surface area contributed by atoms with Crippen molar-refractivity contribution in [1.82, 2.24) is 0 Å². The van der Waals surface area contributed by atoms with Crippen LogP contribution in [-0.2, 0) is 4.79 Å². The SMILES string of the molecule is Cc1ccc(C=C2C(=O)Nc3cc(Cl)ccc32)o1. The lowest BCUT2D eigenvalue weighted by atomic mass is 10.1. The summed E-state index contributed by atoms with van der Waals surface area (Å²) in [5.41, 5.74) is 2.18. The maximum Gasteiger partial charge on any atom is 0.256 e. The van der Waals surface area contributed by atoms with Crippen molar-refractivity contribution < 1.29 is 9.21 Å². The number of benzene rings is 1. The highest BCUT2D eigenvalue weighted by atomic mass is 35.5. The molecule has 0 aliphatic carbocycles. The molecule has 0 bridgehead atoms. The van der Waals surface area contributed by atoms with Crippen molar-refractivity contribution in [3.63, 3.8) is 0 Å². The van der Waals surface area contributed by atoms with Crippen LogP contribution in [0.25, 0.3) is 11.6 Å². The molecule has 1 aromatic carbocycles. The van der Waals surface area contributed by atoms with Crippen LogP contribution >= 0.6 is 11.6 Å². The molecule has 1 aliphatic heterocycles. The minimum absolute atomic E-state index is 0.138. The minimum Gasteiger partial charge on any atom is -0.462 e. The molecule has 1 amide bonds. The van der Waals surface area contributed by atoms with E-state index in [1.165, 1.54) is 0 Å². The van der Waals surface area contributed by atoms with E-state index in [1.807, 2.05) is 25.1 Å². The van der Waals surface area contributed by atoms with Crippen molar-refractivity contribution in [3.8, 4) is 0 Å². The van der Waals surface area contributed by atoms with Crippen LogP contribution in [-0.4, -0.2) is 5.91 Å². The molecule has 2 heterocycles. The minimum atomic E-state index is -0.138. The Hall–Kier alpha value is -2.00. The summed E-state index contributed by atoms with van der Waals surface area (Å²) in [5, 5.41) is 3.38. The van der Waals surface area contributed by atoms with E-state index >= 15 is 0 Å². The molecule has 1 aliphatic rings. The van der Waals surface area contributed by atoms with Crippen molar-refractivity contribution in [2.75, 3.05) is 5.32 Å². The van der Waals surface area contributed by atoms with Gasteiger partial charge in [-0.05, 0) is 37.3 Å². The zero-order valence-electron chi connectivity index (χ0n) is 9.66. The molecular formula is C14H10ClNO2. The average Bonchev–Trinajstić information content (AvgIpc) is 2.84. The molecule has 0 spiro atoms. The van der Waals surface area contributed by atoms with Crippen LogP contribution in [0.15, 0.2) is 34.7 Å². The number of anilines is 1. The molecule has 18 heavy (non-hydrogen) atoms. The van der Waals surface area contributed by atoms with E-state index in [1.54, 1.807) is 18.2 Å². The molecule has 2 aromatic rings. The van der Waals surface area contributed by atoms with E-state index in [4.69, 9.17) is 16.0 Å². The lowest BCUT2D eigenvalue weighted by Crippen LogP contribution is -2.03. The first kappa shape index (κ1) is 11.1. The largest absolute Gasteiger partial charge is 0.462 e. The zero-order valence-corrected chi connectivity index (χ0v) is 10.4. The molecule has 90 valence electrons. The van der Waals surface area contributed by atoms with Gasteiger partial charge in [0.2, 0.25) is 0 Å². The highest BCUT2D eigenvalue weighted by molar-refractivity contribution is 6.36. The Morgan fingerprint density at radius 1 is 1.28 bits per heavy atom. The molecule has 4 heteroatoms. The maximum atomic E-state index is 11.9. The molecule has 0 radical (unpaired) electrons. The standard InChI is InChI=1S/C14H10ClNO2/c1-8-2-4-10(18-8)7-12-11-5-3-9(15)6-13(11)16-14(12)17/h2-7H,1H3,(H,16,17). The zero-order chi connectivity index (χ0) is 12.7. The summed E-state index contributed by atoms with van der Waals surface area (Å²) >= 11 is 5.89. The van der Waals surface area contributed by atoms with Gasteiger partial charge in [0, 0.05) is 10.6 Å². The van der Waals surface area contributed by atoms with Crippen LogP contribution in [0.3, 0.4) is 0 Å². The number of halogens is 1. The van der Waals surface area contributed by atoms with Gasteiger partial charge in [0.1, 0.15) is 11.5 Å². The molecule has 0 unspecified atom stereocenters. The number of hydrogen-bond acceptors (Lipinski definition) is 2. The summed E-state index contributed by atoms with van der Waals surface area (Å²) in [6.45, 7) is 1.87. The van der Waals surface area contributed by atoms with Crippen LogP contribution in [0.1, 0.15) is 17.1 Å². The van der Waals surface area contributed by atoms with Gasteiger partial charge in [-0.3, -0.25) is 4.79 Å². The molecule has 0 atom stereocenters. The van der Waals surface area contributed by atoms with Gasteiger partial charge >= 0.3 is 0 Å². The summed E-state index contributed by atoms with van der Waals surface area (Å²) in [4.78, 5) is 11.9. The quantitative estimate of drug-likeness (QED) is 0.793. The summed E-state index contributed by atoms with van der Waals surface area (Å²) in [6, 6.07) is 9.04. The van der Waals surface area contributed by atoms with Crippen LogP contribution in [0.2, 0.25) is 5.02 Å². The first-order chi connectivity index (χ1) is 8.63. The predicted octanol–water partition coefficient (Wildman–Crippen LogP) is 3.73. The van der Waals surface area contributed by atoms with Gasteiger partial charge in [0.15, 0.2) is 0 Å². The Morgan fingerprint density at radius 2 is 2.11 bits per heavy atom. The van der Waals surface area contributed by atoms with E-state index in [0.717, 1.165) is 17.0 Å². The molecule has 0 fully saturated rings. The molecule has 1 aromatic heterocycles. The van der Waals surface area contributed by atoms with Crippen molar-refractivity contribution in [3.05, 3.63) is 52.4 Å². The van der Waals surface area contributed by atoms with Gasteiger partial charge in [-0.2, -0.15) is 0 Å². The van der Waals surface area contributed by atoms with Gasteiger partial charge in [0.05, 0.1) is 11.3 Å². The first-order valence-electron chi connectivity index (χ1n) is 5.53. The van der Waals surface area contributed by atoms with Gasteiger partial charge in [0.25, 0.3) is 5.91 Å². The summed E-state index contributed by atoms with van der Waals surface area (Å²) in [6.07, 6.45) is 1.74. The third-order valence-electron chi connectivity index (χ3n) is 2.81. The summed E-state index contributed by atoms with van der Waals surface area (Å²) < 4.78 is 5.45. The third-order valence-corrected chi connectivity index (χ3v) is 3.05. The fourth-order valence-corrected chi connectivity index (χ4v) is 2.16. The number of nitrogens with one attached hydrogen (secondary N) is 1. The number of furan rings is 1. The fraction of sp³-hybridized carbons (Fsp3) is 0.0714. The van der Waals surface area contributed by atoms with E-state index < -0.39 is 0 Å². The second kappa shape index (κ2) is 4.03. The van der Waals surface area contributed by atoms with Crippen LogP contribution < -0.4 is 5.32 Å². The number of amides is 1. The Labute approximate surface area is 109 Å². The lowest BCUT2D eigenvalue weighted by molar-refractivity contribution is -0.110. The number of rotatable bonds is 1. The number of fused-ring (bicyclic) bond motifs is 1. The Bertz CT molecular complexity index is 670. The van der Waals surface area contributed by atoms with Crippen LogP contribution in [0.4, 0.5) is 5.69 Å². The second-order valence-corrected chi connectivity index (χ2v) is 4.59. The Morgan fingerprint density at radius 3 is 2.83 bits per heavy atom. The maximum absolute atomic E-state index is 11.9. The highest BCUT2D eigenvalue weighted by Crippen LogP contribution is 2.34. The third kappa shape index (κ3) is 1.83. The van der Waals surface area contributed by atoms with Crippen molar-refractivity contribution >= 4 is 34.8 Å². The van der Waals surface area contributed by atoms with Crippen molar-refractivity contribution in [2.24, 2.45) is 0 Å². The Kier molecular flexibility index (Phi) is 2.49. The first-order valence-corrected chi connectivity index (χ1v) is 5.91. The normalized spacial score (nSPS) is 15.9. The number of carbonyl (C=O) groups is 1. The molecule has 0 saturated carbocycles. The highest BCUT2D eigenvalue weighted by Gasteiger charge is 2.24. The molecule has 0 saturated heterocycles. The Balaban J connectivity index is 2.09. The monoisotopic (exact) mass is 259 g/mol. The van der Waals surface area contributed by atoms with Gasteiger partial charge in [-0.25, -0.2) is 0 Å². The number of carbonyl (C=O) groups excluding carboxylic acids is 1. The predicted molar refractivity (Wildman–Crippen MR) is 71.4 cm³/mol. The average molecular weight is 260 g/mol. The van der Waals surface area contributed by atoms with E-state index in [9.17, 15) is 4.79 Å². The van der Waals surface area contributed by atoms with Crippen molar-refractivity contribution in [2.45, 2.75) is 6.92 Å². The molecule has 1 N–H and O–H groups in total.